The van der Waals surface area contributed by atoms with E-state index in [0.717, 1.165) is 0 Å². The molecular weight excluding hydrogens is 544 g/mol. The molecule has 0 saturated heterocycles. The summed E-state index contributed by atoms with van der Waals surface area (Å²) in [7, 11) is 5.71. The van der Waals surface area contributed by atoms with Crippen LogP contribution < -0.4 is 18.9 Å². The molecule has 216 valence electrons. The minimum absolute atomic E-state index is 0.00961. The molecule has 0 fully saturated rings. The van der Waals surface area contributed by atoms with E-state index in [2.05, 4.69) is 0 Å². The number of aliphatic hydroxyl groups is 1. The van der Waals surface area contributed by atoms with Crippen molar-refractivity contribution in [1.29, 1.82) is 0 Å². The number of aliphatic hydroxyl groups excluding tert-OH is 1. The zero-order valence-electron chi connectivity index (χ0n) is 23.8. The Bertz CT molecular complexity index is 1900. The lowest BCUT2D eigenvalue weighted by atomic mass is 9.78. The Morgan fingerprint density at radius 2 is 1.26 bits per heavy atom. The van der Waals surface area contributed by atoms with Gasteiger partial charge in [-0.3, -0.25) is 14.4 Å². The largest absolute Gasteiger partial charge is 0.506 e. The van der Waals surface area contributed by atoms with Crippen LogP contribution in [0.2, 0.25) is 0 Å². The van der Waals surface area contributed by atoms with E-state index >= 15 is 0 Å². The van der Waals surface area contributed by atoms with Crippen LogP contribution in [0.1, 0.15) is 38.8 Å². The highest BCUT2D eigenvalue weighted by atomic mass is 16.5. The van der Waals surface area contributed by atoms with Gasteiger partial charge >= 0.3 is 0 Å². The topological polar surface area (TPSA) is 149 Å². The quantitative estimate of drug-likeness (QED) is 0.209. The van der Waals surface area contributed by atoms with E-state index in [1.807, 2.05) is 0 Å². The van der Waals surface area contributed by atoms with Crippen molar-refractivity contribution in [3.8, 4) is 45.6 Å². The minimum atomic E-state index is -1.02. The van der Waals surface area contributed by atoms with Gasteiger partial charge in [0.15, 0.2) is 5.78 Å². The number of ketones is 3. The molecule has 3 N–H and O–H groups in total. The lowest BCUT2D eigenvalue weighted by Gasteiger charge is -2.26. The molecule has 0 heterocycles. The normalized spacial score (nSPS) is 12.8. The van der Waals surface area contributed by atoms with Crippen molar-refractivity contribution in [2.75, 3.05) is 35.0 Å². The van der Waals surface area contributed by atoms with Crippen molar-refractivity contribution in [3.63, 3.8) is 0 Å². The minimum Gasteiger partial charge on any atom is -0.506 e. The second-order valence-electron chi connectivity index (χ2n) is 9.78. The van der Waals surface area contributed by atoms with Crippen molar-refractivity contribution in [2.24, 2.45) is 0 Å². The Morgan fingerprint density at radius 3 is 1.74 bits per heavy atom. The number of hydrogen-bond donors (Lipinski definition) is 3. The van der Waals surface area contributed by atoms with Crippen LogP contribution in [0, 0.1) is 6.92 Å². The van der Waals surface area contributed by atoms with Crippen molar-refractivity contribution >= 4 is 45.0 Å². The molecule has 1 aliphatic rings. The van der Waals surface area contributed by atoms with E-state index < -0.39 is 29.7 Å². The lowest BCUT2D eigenvalue weighted by molar-refractivity contribution is -0.112. The molecule has 0 unspecified atom stereocenters. The summed E-state index contributed by atoms with van der Waals surface area (Å²) >= 11 is 0. The third-order valence-electron chi connectivity index (χ3n) is 7.65. The molecule has 0 aliphatic heterocycles. The highest BCUT2D eigenvalue weighted by Crippen LogP contribution is 2.53. The van der Waals surface area contributed by atoms with Crippen LogP contribution in [0.4, 0.5) is 0 Å². The highest BCUT2D eigenvalue weighted by Gasteiger charge is 2.36. The summed E-state index contributed by atoms with van der Waals surface area (Å²) in [6, 6.07) is 6.37. The summed E-state index contributed by atoms with van der Waals surface area (Å²) in [6.07, 6.45) is 1.35. The zero-order valence-corrected chi connectivity index (χ0v) is 23.8. The van der Waals surface area contributed by atoms with Crippen molar-refractivity contribution in [1.82, 2.24) is 0 Å². The first-order valence-corrected chi connectivity index (χ1v) is 12.8. The molecule has 10 nitrogen and oxygen atoms in total. The summed E-state index contributed by atoms with van der Waals surface area (Å²) in [5.41, 5.74) is 0.737. The van der Waals surface area contributed by atoms with Crippen molar-refractivity contribution in [2.45, 2.75) is 13.8 Å². The van der Waals surface area contributed by atoms with Crippen LogP contribution in [0.3, 0.4) is 0 Å². The predicted octanol–water partition coefficient (Wildman–Crippen LogP) is 4.76. The Hall–Kier alpha value is -5.09. The first kappa shape index (κ1) is 28.4. The number of methoxy groups -OCH3 is 4. The van der Waals surface area contributed by atoms with Crippen molar-refractivity contribution in [3.05, 3.63) is 52.1 Å². The maximum Gasteiger partial charge on any atom is 0.237 e. The van der Waals surface area contributed by atoms with Crippen molar-refractivity contribution < 1.29 is 48.7 Å². The number of aromatic hydroxyl groups is 2. The first-order chi connectivity index (χ1) is 20.0. The Balaban J connectivity index is 2.19. The monoisotopic (exact) mass is 572 g/mol. The summed E-state index contributed by atoms with van der Waals surface area (Å²) in [4.78, 5) is 39.4. The average Bonchev–Trinajstić information content (AvgIpc) is 2.98. The highest BCUT2D eigenvalue weighted by molar-refractivity contribution is 6.53. The summed E-state index contributed by atoms with van der Waals surface area (Å²) in [5, 5.41) is 33.9. The van der Waals surface area contributed by atoms with Gasteiger partial charge < -0.3 is 34.3 Å². The van der Waals surface area contributed by atoms with Crippen LogP contribution in [-0.2, 0) is 4.79 Å². The molecule has 4 aromatic rings. The van der Waals surface area contributed by atoms with Gasteiger partial charge in [-0.2, -0.15) is 0 Å². The van der Waals surface area contributed by atoms with Gasteiger partial charge in [0.05, 0.1) is 56.9 Å². The number of carbonyl (C=O) groups is 3. The first-order valence-electron chi connectivity index (χ1n) is 12.8. The van der Waals surface area contributed by atoms with Crippen LogP contribution in [-0.4, -0.2) is 67.7 Å². The molecule has 0 amide bonds. The number of phenolic OH excluding ortho intramolecular Hbond substituents is 2. The number of ether oxygens (including phenoxy) is 4. The number of carbonyl (C=O) groups excluding carboxylic acids is 3. The van der Waals surface area contributed by atoms with Gasteiger partial charge in [0, 0.05) is 28.5 Å². The van der Waals surface area contributed by atoms with Gasteiger partial charge in [-0.25, -0.2) is 0 Å². The third kappa shape index (κ3) is 3.94. The zero-order chi connectivity index (χ0) is 30.6. The number of rotatable bonds is 7. The van der Waals surface area contributed by atoms with Gasteiger partial charge in [0.25, 0.3) is 0 Å². The van der Waals surface area contributed by atoms with Crippen LogP contribution in [0.25, 0.3) is 38.7 Å². The van der Waals surface area contributed by atoms with Gasteiger partial charge in [0.2, 0.25) is 11.6 Å². The fourth-order valence-corrected chi connectivity index (χ4v) is 5.79. The molecular formula is C32H28O10. The summed E-state index contributed by atoms with van der Waals surface area (Å²) in [5.74, 6) is -2.10. The Kier molecular flexibility index (Phi) is 7.03. The van der Waals surface area contributed by atoms with E-state index in [0.29, 0.717) is 39.0 Å². The van der Waals surface area contributed by atoms with E-state index in [9.17, 15) is 29.7 Å². The molecule has 0 atom stereocenters. The fourth-order valence-electron chi connectivity index (χ4n) is 5.79. The molecule has 10 heteroatoms. The lowest BCUT2D eigenvalue weighted by Crippen LogP contribution is -2.24. The number of Topliss-reactive ketones (excluding diaryl/α,β-unsaturated/α-hetero) is 3. The molecule has 1 aliphatic carbocycles. The molecule has 5 rings (SSSR count). The average molecular weight is 573 g/mol. The SMILES string of the molecule is COc1cc(OC)c2c(O)c(C(C)=O)c(C)c(-c3c4c(c(O)c5c(OC)cc(OC)cc35)C(=O)C(=O)C(CO)=C4)c2c1. The smallest absolute Gasteiger partial charge is 0.237 e. The van der Waals surface area contributed by atoms with Crippen LogP contribution in [0.15, 0.2) is 29.8 Å². The number of fused-ring (bicyclic) bond motifs is 3. The standard InChI is InChI=1S/C32H28O10/c1-13-23(14(2)34)30(36)26-19(8-16(39-3)10-21(26)41-5)24(13)25-18-7-15(12-33)29(35)32(38)28(18)31(37)27-20(25)9-17(40-4)11-22(27)42-6/h7-11,33,36-37H,12H2,1-6H3. The molecule has 0 aromatic heterocycles. The maximum absolute atomic E-state index is 13.5. The van der Waals surface area contributed by atoms with Gasteiger partial charge in [-0.1, -0.05) is 0 Å². The van der Waals surface area contributed by atoms with Gasteiger partial charge in [0.1, 0.15) is 34.5 Å². The Labute approximate surface area is 240 Å². The molecule has 42 heavy (non-hydrogen) atoms. The van der Waals surface area contributed by atoms with E-state index in [1.165, 1.54) is 47.5 Å². The van der Waals surface area contributed by atoms with E-state index in [-0.39, 0.29) is 50.3 Å². The molecule has 0 bridgehead atoms. The summed E-state index contributed by atoms with van der Waals surface area (Å²) < 4.78 is 22.2. The van der Waals surface area contributed by atoms with E-state index in [1.54, 1.807) is 25.1 Å². The van der Waals surface area contributed by atoms with E-state index in [4.69, 9.17) is 18.9 Å². The van der Waals surface area contributed by atoms with Crippen LogP contribution >= 0.6 is 0 Å². The fraction of sp³-hybridized carbons (Fsp3) is 0.219. The maximum atomic E-state index is 13.5. The molecule has 4 aromatic carbocycles. The number of benzene rings is 4. The molecule has 0 saturated carbocycles. The third-order valence-corrected chi connectivity index (χ3v) is 7.65. The van der Waals surface area contributed by atoms with Gasteiger partial charge in [-0.15, -0.1) is 0 Å². The second kappa shape index (κ2) is 10.4. The summed E-state index contributed by atoms with van der Waals surface area (Å²) in [6.45, 7) is 2.24. The number of hydrogen-bond acceptors (Lipinski definition) is 10. The second-order valence-corrected chi connectivity index (χ2v) is 9.78. The predicted molar refractivity (Wildman–Crippen MR) is 156 cm³/mol. The molecule has 0 radical (unpaired) electrons. The van der Waals surface area contributed by atoms with Crippen LogP contribution in [0.5, 0.6) is 34.5 Å². The number of phenols is 2. The van der Waals surface area contributed by atoms with Gasteiger partial charge in [-0.05, 0) is 54.3 Å². The Morgan fingerprint density at radius 1 is 0.738 bits per heavy atom. The molecule has 0 spiro atoms.